The van der Waals surface area contributed by atoms with E-state index in [1.54, 1.807) is 18.2 Å². The molecule has 12 nitrogen and oxygen atoms in total. The first kappa shape index (κ1) is 39.8. The van der Waals surface area contributed by atoms with E-state index in [-0.39, 0.29) is 69.1 Å². The molecule has 0 aromatic carbocycles. The second kappa shape index (κ2) is 23.7. The normalized spacial score (nSPS) is 22.4. The highest BCUT2D eigenvalue weighted by Crippen LogP contribution is 2.15. The van der Waals surface area contributed by atoms with Crippen LogP contribution in [0.2, 0.25) is 0 Å². The number of rotatable bonds is 29. The molecule has 3 fully saturated rings. The SMILES string of the molecule is CCC(C/C=C/CC(=O)OCC(COC(=O)C/C=C/CC(CC)OCC1CO1)OC(=O)C/C=C/CC(CC)OCC1CO1)OCC1CO1. The lowest BCUT2D eigenvalue weighted by molar-refractivity contribution is -0.165. The highest BCUT2D eigenvalue weighted by molar-refractivity contribution is 5.73. The van der Waals surface area contributed by atoms with Crippen molar-refractivity contribution in [2.24, 2.45) is 0 Å². The number of hydrogen-bond donors (Lipinski definition) is 0. The van der Waals surface area contributed by atoms with Crippen LogP contribution in [-0.4, -0.2) is 113 Å². The molecule has 3 rings (SSSR count). The van der Waals surface area contributed by atoms with Crippen LogP contribution in [0, 0.1) is 0 Å². The smallest absolute Gasteiger partial charge is 0.310 e. The summed E-state index contributed by atoms with van der Waals surface area (Å²) in [4.78, 5) is 37.5. The molecule has 0 aliphatic carbocycles. The number of epoxide rings is 3. The van der Waals surface area contributed by atoms with Gasteiger partial charge >= 0.3 is 17.9 Å². The topological polar surface area (TPSA) is 144 Å². The molecule has 0 spiro atoms. The zero-order valence-electron chi connectivity index (χ0n) is 28.9. The highest BCUT2D eigenvalue weighted by atomic mass is 16.6. The number of hydrogen-bond acceptors (Lipinski definition) is 12. The first-order valence-corrected chi connectivity index (χ1v) is 17.5. The summed E-state index contributed by atoms with van der Waals surface area (Å²) in [6.07, 6.45) is 15.4. The van der Waals surface area contributed by atoms with Gasteiger partial charge in [0.05, 0.1) is 77.2 Å². The highest BCUT2D eigenvalue weighted by Gasteiger charge is 2.25. The Morgan fingerprint density at radius 1 is 0.542 bits per heavy atom. The van der Waals surface area contributed by atoms with Crippen LogP contribution >= 0.6 is 0 Å². The van der Waals surface area contributed by atoms with Crippen molar-refractivity contribution in [1.29, 1.82) is 0 Å². The molecule has 0 aromatic heterocycles. The maximum absolute atomic E-state index is 12.6. The fraction of sp³-hybridized carbons (Fsp3) is 0.750. The molecule has 0 radical (unpaired) electrons. The van der Waals surface area contributed by atoms with Crippen LogP contribution < -0.4 is 0 Å². The average molecular weight is 681 g/mol. The van der Waals surface area contributed by atoms with Crippen molar-refractivity contribution < 1.29 is 57.0 Å². The summed E-state index contributed by atoms with van der Waals surface area (Å²) in [6.45, 7) is 9.66. The van der Waals surface area contributed by atoms with Crippen molar-refractivity contribution in [3.63, 3.8) is 0 Å². The molecule has 3 heterocycles. The summed E-state index contributed by atoms with van der Waals surface area (Å²) in [5.41, 5.74) is 0. The molecule has 3 saturated heterocycles. The van der Waals surface area contributed by atoms with Crippen molar-refractivity contribution in [3.8, 4) is 0 Å². The van der Waals surface area contributed by atoms with E-state index in [1.165, 1.54) is 0 Å². The molecule has 3 aliphatic rings. The van der Waals surface area contributed by atoms with Gasteiger partial charge in [-0.25, -0.2) is 0 Å². The van der Waals surface area contributed by atoms with Crippen LogP contribution in [0.4, 0.5) is 0 Å². The van der Waals surface area contributed by atoms with Gasteiger partial charge in [-0.05, 0) is 38.5 Å². The van der Waals surface area contributed by atoms with Crippen molar-refractivity contribution in [2.75, 3.05) is 52.9 Å². The molecule has 0 N–H and O–H groups in total. The molecule has 6 unspecified atom stereocenters. The number of esters is 3. The van der Waals surface area contributed by atoms with Gasteiger partial charge in [0.2, 0.25) is 0 Å². The third-order valence-corrected chi connectivity index (χ3v) is 7.84. The quantitative estimate of drug-likeness (QED) is 0.0472. The number of ether oxygens (including phenoxy) is 9. The van der Waals surface area contributed by atoms with Crippen LogP contribution in [0.1, 0.15) is 78.6 Å². The van der Waals surface area contributed by atoms with Gasteiger partial charge in [0.25, 0.3) is 0 Å². The van der Waals surface area contributed by atoms with E-state index >= 15 is 0 Å². The Morgan fingerprint density at radius 2 is 0.875 bits per heavy atom. The number of carbonyl (C=O) groups excluding carboxylic acids is 3. The van der Waals surface area contributed by atoms with Crippen LogP contribution in [0.25, 0.3) is 0 Å². The first-order chi connectivity index (χ1) is 23.4. The predicted octanol–water partition coefficient (Wildman–Crippen LogP) is 4.58. The minimum Gasteiger partial charge on any atom is -0.461 e. The minimum atomic E-state index is -0.943. The van der Waals surface area contributed by atoms with E-state index in [1.807, 2.05) is 39.0 Å². The van der Waals surface area contributed by atoms with Gasteiger partial charge in [-0.2, -0.15) is 0 Å². The minimum absolute atomic E-state index is 0.0209. The van der Waals surface area contributed by atoms with E-state index in [0.29, 0.717) is 39.1 Å². The van der Waals surface area contributed by atoms with Crippen LogP contribution in [-0.2, 0) is 57.0 Å². The van der Waals surface area contributed by atoms with E-state index in [2.05, 4.69) is 0 Å². The van der Waals surface area contributed by atoms with Crippen molar-refractivity contribution in [1.82, 2.24) is 0 Å². The summed E-state index contributed by atoms with van der Waals surface area (Å²) in [5.74, 6) is -1.48. The van der Waals surface area contributed by atoms with Crippen LogP contribution in [0.15, 0.2) is 36.5 Å². The average Bonchev–Trinajstić information content (AvgIpc) is 3.92. The monoisotopic (exact) mass is 680 g/mol. The lowest BCUT2D eigenvalue weighted by atomic mass is 10.2. The fourth-order valence-electron chi connectivity index (χ4n) is 4.40. The van der Waals surface area contributed by atoms with Crippen LogP contribution in [0.5, 0.6) is 0 Å². The van der Waals surface area contributed by atoms with Gasteiger partial charge in [0.1, 0.15) is 31.5 Å². The van der Waals surface area contributed by atoms with Gasteiger partial charge < -0.3 is 42.6 Å². The maximum Gasteiger partial charge on any atom is 0.310 e. The maximum atomic E-state index is 12.6. The molecule has 0 aromatic rings. The Balaban J connectivity index is 1.39. The van der Waals surface area contributed by atoms with Gasteiger partial charge in [0, 0.05) is 0 Å². The summed E-state index contributed by atoms with van der Waals surface area (Å²) < 4.78 is 49.3. The summed E-state index contributed by atoms with van der Waals surface area (Å²) in [6, 6.07) is 0. The summed E-state index contributed by atoms with van der Waals surface area (Å²) >= 11 is 0. The van der Waals surface area contributed by atoms with Crippen molar-refractivity contribution >= 4 is 17.9 Å². The molecule has 0 saturated carbocycles. The summed E-state index contributed by atoms with van der Waals surface area (Å²) in [5, 5.41) is 0. The molecular weight excluding hydrogens is 624 g/mol. The Labute approximate surface area is 285 Å². The second-order valence-electron chi connectivity index (χ2n) is 12.2. The lowest BCUT2D eigenvalue weighted by Crippen LogP contribution is -2.30. The van der Waals surface area contributed by atoms with Gasteiger partial charge in [-0.3, -0.25) is 14.4 Å². The molecular formula is C36H56O12. The van der Waals surface area contributed by atoms with Gasteiger partial charge in [-0.1, -0.05) is 57.2 Å². The molecule has 48 heavy (non-hydrogen) atoms. The Bertz CT molecular complexity index is 960. The van der Waals surface area contributed by atoms with E-state index < -0.39 is 24.0 Å². The molecule has 6 atom stereocenters. The molecule has 272 valence electrons. The zero-order valence-corrected chi connectivity index (χ0v) is 28.9. The molecule has 12 heteroatoms. The standard InChI is InChI=1S/C36H56O12/c1-4-27(40-19-30-22-43-30)13-7-10-16-34(37)46-25-33(48-36(39)18-12-9-15-29(6-3)42-21-32-24-45-32)26-47-35(38)17-11-8-14-28(5-2)41-20-31-23-44-31/h7-12,27-33H,4-6,13-26H2,1-3H3/b10-7+,11-8+,12-9+. The second-order valence-corrected chi connectivity index (χ2v) is 12.2. The van der Waals surface area contributed by atoms with Crippen molar-refractivity contribution in [3.05, 3.63) is 36.5 Å². The predicted molar refractivity (Wildman–Crippen MR) is 176 cm³/mol. The lowest BCUT2D eigenvalue weighted by Gasteiger charge is -2.18. The third kappa shape index (κ3) is 20.0. The van der Waals surface area contributed by atoms with E-state index in [9.17, 15) is 14.4 Å². The Hall–Kier alpha value is -2.61. The summed E-state index contributed by atoms with van der Waals surface area (Å²) in [7, 11) is 0. The van der Waals surface area contributed by atoms with Gasteiger partial charge in [0.15, 0.2) is 6.10 Å². The molecule has 0 bridgehead atoms. The number of carbonyl (C=O) groups is 3. The zero-order chi connectivity index (χ0) is 34.4. The largest absolute Gasteiger partial charge is 0.461 e. The van der Waals surface area contributed by atoms with E-state index in [0.717, 1.165) is 39.1 Å². The molecule has 0 amide bonds. The Kier molecular flexibility index (Phi) is 19.7. The van der Waals surface area contributed by atoms with E-state index in [4.69, 9.17) is 42.6 Å². The third-order valence-electron chi connectivity index (χ3n) is 7.84. The molecule has 3 aliphatic heterocycles. The van der Waals surface area contributed by atoms with Crippen molar-refractivity contribution in [2.45, 2.75) is 121 Å². The Morgan fingerprint density at radius 3 is 1.19 bits per heavy atom. The van der Waals surface area contributed by atoms with Gasteiger partial charge in [-0.15, -0.1) is 0 Å². The fourth-order valence-corrected chi connectivity index (χ4v) is 4.40. The van der Waals surface area contributed by atoms with Crippen LogP contribution in [0.3, 0.4) is 0 Å². The first-order valence-electron chi connectivity index (χ1n) is 17.5.